The third-order valence-corrected chi connectivity index (χ3v) is 3.41. The van der Waals surface area contributed by atoms with Crippen LogP contribution < -0.4 is 11.1 Å². The minimum atomic E-state index is -0.320. The highest BCUT2D eigenvalue weighted by molar-refractivity contribution is 9.11. The van der Waals surface area contributed by atoms with Crippen molar-refractivity contribution in [2.24, 2.45) is 0 Å². The molecule has 0 atom stereocenters. The summed E-state index contributed by atoms with van der Waals surface area (Å²) in [6.45, 7) is 0. The molecule has 0 aliphatic heterocycles. The lowest BCUT2D eigenvalue weighted by atomic mass is 10.3. The van der Waals surface area contributed by atoms with Crippen LogP contribution in [0.25, 0.3) is 0 Å². The van der Waals surface area contributed by atoms with E-state index in [0.29, 0.717) is 21.5 Å². The smallest absolute Gasteiger partial charge is 0.125 e. The lowest BCUT2D eigenvalue weighted by Crippen LogP contribution is -1.99. The molecule has 0 unspecified atom stereocenters. The van der Waals surface area contributed by atoms with Crippen LogP contribution in [0.3, 0.4) is 0 Å². The van der Waals surface area contributed by atoms with E-state index >= 15 is 0 Å². The van der Waals surface area contributed by atoms with Crippen LogP contribution in [0.15, 0.2) is 39.5 Å². The van der Waals surface area contributed by atoms with E-state index in [9.17, 15) is 4.39 Å². The van der Waals surface area contributed by atoms with Gasteiger partial charge in [0, 0.05) is 10.7 Å². The molecule has 0 bridgehead atoms. The predicted octanol–water partition coefficient (Wildman–Crippen LogP) is 4.07. The van der Waals surface area contributed by atoms with Crippen molar-refractivity contribution in [3.63, 3.8) is 0 Å². The van der Waals surface area contributed by atoms with Crippen molar-refractivity contribution in [1.29, 1.82) is 0 Å². The monoisotopic (exact) mass is 359 g/mol. The zero-order valence-corrected chi connectivity index (χ0v) is 11.7. The van der Waals surface area contributed by atoms with Crippen molar-refractivity contribution < 1.29 is 4.39 Å². The molecule has 0 aliphatic carbocycles. The maximum absolute atomic E-state index is 13.1. The van der Waals surface area contributed by atoms with Crippen molar-refractivity contribution >= 4 is 48.9 Å². The van der Waals surface area contributed by atoms with Gasteiger partial charge in [-0.25, -0.2) is 4.39 Å². The highest BCUT2D eigenvalue weighted by Gasteiger charge is 2.08. The highest BCUT2D eigenvalue weighted by Crippen LogP contribution is 2.33. The third kappa shape index (κ3) is 2.76. The first-order valence-electron chi connectivity index (χ1n) is 4.69. The molecular formula is C11H8Br2FN3. The van der Waals surface area contributed by atoms with Crippen LogP contribution in [0.2, 0.25) is 0 Å². The zero-order valence-electron chi connectivity index (χ0n) is 8.55. The number of nitrogen functional groups attached to an aromatic ring is 1. The van der Waals surface area contributed by atoms with Crippen molar-refractivity contribution in [2.75, 3.05) is 11.1 Å². The fraction of sp³-hybridized carbons (Fsp3) is 0. The Balaban J connectivity index is 2.41. The molecule has 6 heteroatoms. The summed E-state index contributed by atoms with van der Waals surface area (Å²) in [6, 6.07) is 4.39. The second-order valence-electron chi connectivity index (χ2n) is 3.33. The van der Waals surface area contributed by atoms with Gasteiger partial charge in [0.25, 0.3) is 0 Å². The summed E-state index contributed by atoms with van der Waals surface area (Å²) in [5.74, 6) is -0.320. The van der Waals surface area contributed by atoms with Gasteiger partial charge in [-0.15, -0.1) is 0 Å². The minimum Gasteiger partial charge on any atom is -0.396 e. The van der Waals surface area contributed by atoms with Crippen LogP contribution in [-0.4, -0.2) is 4.98 Å². The number of hydrogen-bond acceptors (Lipinski definition) is 3. The molecule has 0 saturated carbocycles. The van der Waals surface area contributed by atoms with E-state index in [2.05, 4.69) is 42.2 Å². The molecule has 3 nitrogen and oxygen atoms in total. The second kappa shape index (κ2) is 5.01. The van der Waals surface area contributed by atoms with Gasteiger partial charge in [0.2, 0.25) is 0 Å². The summed E-state index contributed by atoms with van der Waals surface area (Å²) in [6.07, 6.45) is 3.15. The van der Waals surface area contributed by atoms with Crippen LogP contribution in [0.5, 0.6) is 0 Å². The van der Waals surface area contributed by atoms with Gasteiger partial charge in [0.05, 0.1) is 27.7 Å². The van der Waals surface area contributed by atoms with E-state index in [4.69, 9.17) is 5.73 Å². The second-order valence-corrected chi connectivity index (χ2v) is 5.04. The molecule has 0 radical (unpaired) electrons. The van der Waals surface area contributed by atoms with Gasteiger partial charge < -0.3 is 11.1 Å². The van der Waals surface area contributed by atoms with Gasteiger partial charge >= 0.3 is 0 Å². The highest BCUT2D eigenvalue weighted by atomic mass is 79.9. The van der Waals surface area contributed by atoms with E-state index in [1.165, 1.54) is 18.3 Å². The largest absolute Gasteiger partial charge is 0.396 e. The fourth-order valence-electron chi connectivity index (χ4n) is 1.31. The lowest BCUT2D eigenvalue weighted by molar-refractivity contribution is 0.628. The van der Waals surface area contributed by atoms with Crippen molar-refractivity contribution in [1.82, 2.24) is 4.98 Å². The first-order chi connectivity index (χ1) is 8.08. The number of rotatable bonds is 2. The molecule has 0 amide bonds. The first kappa shape index (κ1) is 12.3. The minimum absolute atomic E-state index is 0.320. The summed E-state index contributed by atoms with van der Waals surface area (Å²) in [5, 5.41) is 3.05. The molecule has 0 fully saturated rings. The summed E-state index contributed by atoms with van der Waals surface area (Å²) in [4.78, 5) is 3.93. The number of nitrogens with one attached hydrogen (secondary N) is 1. The quantitative estimate of drug-likeness (QED) is 0.848. The van der Waals surface area contributed by atoms with Crippen molar-refractivity contribution in [2.45, 2.75) is 0 Å². The van der Waals surface area contributed by atoms with Crippen LogP contribution in [0.1, 0.15) is 0 Å². The van der Waals surface area contributed by atoms with E-state index in [-0.39, 0.29) is 5.82 Å². The van der Waals surface area contributed by atoms with Crippen LogP contribution >= 0.6 is 31.9 Å². The normalized spacial score (nSPS) is 10.3. The topological polar surface area (TPSA) is 50.9 Å². The number of anilines is 3. The Morgan fingerprint density at radius 3 is 2.65 bits per heavy atom. The van der Waals surface area contributed by atoms with E-state index in [1.54, 1.807) is 12.3 Å². The van der Waals surface area contributed by atoms with E-state index < -0.39 is 0 Å². The molecule has 3 N–H and O–H groups in total. The van der Waals surface area contributed by atoms with Crippen LogP contribution in [0.4, 0.5) is 21.5 Å². The number of halogens is 3. The number of nitrogens with zero attached hydrogens (tertiary/aromatic N) is 1. The Morgan fingerprint density at radius 1 is 1.18 bits per heavy atom. The molecule has 0 spiro atoms. The first-order valence-corrected chi connectivity index (χ1v) is 6.27. The van der Waals surface area contributed by atoms with Gasteiger partial charge in [-0.1, -0.05) is 0 Å². The Morgan fingerprint density at radius 2 is 1.94 bits per heavy atom. The number of aromatic nitrogens is 1. The van der Waals surface area contributed by atoms with E-state index in [1.807, 2.05) is 0 Å². The van der Waals surface area contributed by atoms with Crippen molar-refractivity contribution in [3.05, 3.63) is 45.4 Å². The Bertz CT molecular complexity index is 540. The molecule has 2 rings (SSSR count). The molecule has 1 aromatic heterocycles. The number of hydrogen-bond donors (Lipinski definition) is 2. The van der Waals surface area contributed by atoms with Gasteiger partial charge in [-0.2, -0.15) is 0 Å². The van der Waals surface area contributed by atoms with Crippen LogP contribution in [0, 0.1) is 5.82 Å². The fourth-order valence-corrected chi connectivity index (χ4v) is 2.10. The molecule has 0 saturated heterocycles. The summed E-state index contributed by atoms with van der Waals surface area (Å²) in [5.41, 5.74) is 7.53. The standard InChI is InChI=1S/C11H8Br2FN3/c12-7-2-1-6(14)3-10(7)17-11-8(13)4-16-5-9(11)15/h1-5H,15H2,(H,16,17). The molecule has 2 aromatic rings. The third-order valence-electron chi connectivity index (χ3n) is 2.12. The maximum Gasteiger partial charge on any atom is 0.125 e. The molecular weight excluding hydrogens is 353 g/mol. The maximum atomic E-state index is 13.1. The van der Waals surface area contributed by atoms with Crippen molar-refractivity contribution in [3.8, 4) is 0 Å². The Labute approximate surface area is 114 Å². The summed E-state index contributed by atoms with van der Waals surface area (Å²) >= 11 is 6.67. The van der Waals surface area contributed by atoms with Gasteiger partial charge in [0.15, 0.2) is 0 Å². The molecule has 1 aromatic carbocycles. The zero-order chi connectivity index (χ0) is 12.4. The number of pyridine rings is 1. The van der Waals surface area contributed by atoms with Gasteiger partial charge in [-0.3, -0.25) is 4.98 Å². The predicted molar refractivity (Wildman–Crippen MR) is 73.7 cm³/mol. The molecule has 88 valence electrons. The Kier molecular flexibility index (Phi) is 3.63. The van der Waals surface area contributed by atoms with Gasteiger partial charge in [0.1, 0.15) is 5.82 Å². The van der Waals surface area contributed by atoms with Gasteiger partial charge in [-0.05, 0) is 50.1 Å². The van der Waals surface area contributed by atoms with Crippen LogP contribution in [-0.2, 0) is 0 Å². The average molecular weight is 361 g/mol. The van der Waals surface area contributed by atoms with E-state index in [0.717, 1.165) is 4.47 Å². The summed E-state index contributed by atoms with van der Waals surface area (Å²) in [7, 11) is 0. The number of nitrogens with two attached hydrogens (primary N) is 1. The average Bonchev–Trinajstić information content (AvgIpc) is 2.28. The Hall–Kier alpha value is -1.14. The molecule has 17 heavy (non-hydrogen) atoms. The molecule has 1 heterocycles. The summed E-state index contributed by atoms with van der Waals surface area (Å²) < 4.78 is 14.6. The SMILES string of the molecule is Nc1cncc(Br)c1Nc1cc(F)ccc1Br. The lowest BCUT2D eigenvalue weighted by Gasteiger charge is -2.12. The number of benzene rings is 1. The molecule has 0 aliphatic rings.